The van der Waals surface area contributed by atoms with Crippen LogP contribution >= 0.6 is 12.4 Å². The molecule has 0 saturated heterocycles. The largest absolute Gasteiger partial charge is 0.478 e. The highest BCUT2D eigenvalue weighted by Gasteiger charge is 2.21. The highest BCUT2D eigenvalue weighted by Crippen LogP contribution is 2.29. The van der Waals surface area contributed by atoms with Crippen molar-refractivity contribution in [2.75, 3.05) is 5.32 Å². The van der Waals surface area contributed by atoms with Crippen LogP contribution in [0.3, 0.4) is 0 Å². The van der Waals surface area contributed by atoms with Gasteiger partial charge in [-0.25, -0.2) is 4.79 Å². The van der Waals surface area contributed by atoms with Gasteiger partial charge in [0.25, 0.3) is 0 Å². The monoisotopic (exact) mass is 339 g/mol. The molecule has 1 aromatic rings. The van der Waals surface area contributed by atoms with E-state index >= 15 is 0 Å². The van der Waals surface area contributed by atoms with Crippen molar-refractivity contribution in [3.8, 4) is 0 Å². The normalized spacial score (nSPS) is 15.6. The van der Waals surface area contributed by atoms with E-state index in [1.807, 2.05) is 6.07 Å². The molecule has 0 spiro atoms. The summed E-state index contributed by atoms with van der Waals surface area (Å²) >= 11 is 0. The van der Waals surface area contributed by atoms with Crippen LogP contribution in [-0.4, -0.2) is 17.1 Å². The van der Waals surface area contributed by atoms with Crippen LogP contribution in [0.25, 0.3) is 0 Å². The third-order valence-corrected chi connectivity index (χ3v) is 4.59. The molecule has 1 heterocycles. The fourth-order valence-electron chi connectivity index (χ4n) is 3.26. The number of carboxylic acid groups (broad SMARTS) is 1. The van der Waals surface area contributed by atoms with E-state index in [9.17, 15) is 4.79 Å². The number of rotatable bonds is 10. The number of halogens is 1. The summed E-state index contributed by atoms with van der Waals surface area (Å²) in [6, 6.07) is 5.92. The van der Waals surface area contributed by atoms with Gasteiger partial charge in [-0.2, -0.15) is 0 Å². The van der Waals surface area contributed by atoms with E-state index in [2.05, 4.69) is 12.2 Å². The van der Waals surface area contributed by atoms with Crippen LogP contribution in [0.1, 0.15) is 80.6 Å². The van der Waals surface area contributed by atoms with Crippen LogP contribution < -0.4 is 5.32 Å². The maximum atomic E-state index is 11.0. The van der Waals surface area contributed by atoms with E-state index in [-0.39, 0.29) is 12.4 Å². The predicted octanol–water partition coefficient (Wildman–Crippen LogP) is 5.67. The summed E-state index contributed by atoms with van der Waals surface area (Å²) in [6.45, 7) is 2.26. The molecule has 3 nitrogen and oxygen atoms in total. The molecule has 1 atom stereocenters. The lowest BCUT2D eigenvalue weighted by atomic mass is 10.0. The first-order valence-electron chi connectivity index (χ1n) is 8.83. The number of unbranched alkanes of at least 4 members (excludes halogenated alkanes) is 7. The van der Waals surface area contributed by atoms with E-state index < -0.39 is 5.97 Å². The summed E-state index contributed by atoms with van der Waals surface area (Å²) in [7, 11) is 0. The van der Waals surface area contributed by atoms with Gasteiger partial charge < -0.3 is 10.4 Å². The molecule has 0 unspecified atom stereocenters. The SMILES string of the molecule is CCCCCCCCCC[C@H]1Cc2ccc(C(=O)O)cc2N1.Cl. The summed E-state index contributed by atoms with van der Waals surface area (Å²) in [5.74, 6) is -0.851. The van der Waals surface area contributed by atoms with Crippen LogP contribution in [0.5, 0.6) is 0 Å². The number of carbonyl (C=O) groups is 1. The van der Waals surface area contributed by atoms with E-state index in [4.69, 9.17) is 5.11 Å². The van der Waals surface area contributed by atoms with Gasteiger partial charge in [-0.05, 0) is 30.5 Å². The van der Waals surface area contributed by atoms with Gasteiger partial charge in [-0.15, -0.1) is 12.4 Å². The first kappa shape index (κ1) is 19.8. The Hall–Kier alpha value is -1.22. The molecule has 4 heteroatoms. The van der Waals surface area contributed by atoms with Gasteiger partial charge >= 0.3 is 5.97 Å². The molecular weight excluding hydrogens is 310 g/mol. The maximum Gasteiger partial charge on any atom is 0.335 e. The van der Waals surface area contributed by atoms with Crippen molar-refractivity contribution in [3.63, 3.8) is 0 Å². The minimum atomic E-state index is -0.851. The average molecular weight is 340 g/mol. The Kier molecular flexibility index (Phi) is 9.08. The summed E-state index contributed by atoms with van der Waals surface area (Å²) in [6.07, 6.45) is 13.0. The molecule has 2 rings (SSSR count). The number of anilines is 1. The number of fused-ring (bicyclic) bond motifs is 1. The zero-order chi connectivity index (χ0) is 15.8. The maximum absolute atomic E-state index is 11.0. The summed E-state index contributed by atoms with van der Waals surface area (Å²) in [5.41, 5.74) is 2.65. The lowest BCUT2D eigenvalue weighted by Gasteiger charge is -2.10. The second-order valence-corrected chi connectivity index (χ2v) is 6.49. The molecule has 0 saturated carbocycles. The van der Waals surface area contributed by atoms with Gasteiger partial charge in [-0.3, -0.25) is 0 Å². The Balaban J connectivity index is 0.00000264. The molecule has 0 fully saturated rings. The van der Waals surface area contributed by atoms with Crippen molar-refractivity contribution in [1.82, 2.24) is 0 Å². The van der Waals surface area contributed by atoms with Crippen molar-refractivity contribution in [2.45, 2.75) is 77.2 Å². The first-order valence-corrected chi connectivity index (χ1v) is 8.83. The molecule has 0 aliphatic carbocycles. The zero-order valence-corrected chi connectivity index (χ0v) is 15.0. The Bertz CT molecular complexity index is 490. The Morgan fingerprint density at radius 2 is 1.78 bits per heavy atom. The van der Waals surface area contributed by atoms with Gasteiger partial charge in [0.15, 0.2) is 0 Å². The predicted molar refractivity (Wildman–Crippen MR) is 99.0 cm³/mol. The van der Waals surface area contributed by atoms with E-state index in [1.165, 1.54) is 63.4 Å². The van der Waals surface area contributed by atoms with Crippen LogP contribution in [0.2, 0.25) is 0 Å². The standard InChI is InChI=1S/C19H29NO2.ClH/c1-2-3-4-5-6-7-8-9-10-17-13-15-11-12-16(19(21)22)14-18(15)20-17;/h11-12,14,17,20H,2-10,13H2,1H3,(H,21,22);1H/t17-;/m0./s1. The molecule has 1 aromatic carbocycles. The van der Waals surface area contributed by atoms with Crippen molar-refractivity contribution in [3.05, 3.63) is 29.3 Å². The molecule has 1 aliphatic rings. The highest BCUT2D eigenvalue weighted by molar-refractivity contribution is 5.89. The lowest BCUT2D eigenvalue weighted by molar-refractivity contribution is 0.0697. The quantitative estimate of drug-likeness (QED) is 0.539. The second-order valence-electron chi connectivity index (χ2n) is 6.49. The third kappa shape index (κ3) is 6.42. The number of nitrogens with one attached hydrogen (secondary N) is 1. The molecular formula is C19H30ClNO2. The lowest BCUT2D eigenvalue weighted by Crippen LogP contribution is -2.14. The fraction of sp³-hybridized carbons (Fsp3) is 0.632. The molecule has 0 bridgehead atoms. The molecule has 0 aromatic heterocycles. The van der Waals surface area contributed by atoms with Crippen LogP contribution in [0, 0.1) is 0 Å². The van der Waals surface area contributed by atoms with Crippen molar-refractivity contribution < 1.29 is 9.90 Å². The van der Waals surface area contributed by atoms with E-state index in [0.717, 1.165) is 12.1 Å². The zero-order valence-electron chi connectivity index (χ0n) is 14.1. The number of aromatic carboxylic acids is 1. The van der Waals surface area contributed by atoms with E-state index in [1.54, 1.807) is 12.1 Å². The highest BCUT2D eigenvalue weighted by atomic mass is 35.5. The molecule has 1 aliphatic heterocycles. The van der Waals surface area contributed by atoms with Gasteiger partial charge in [0.1, 0.15) is 0 Å². The Morgan fingerprint density at radius 1 is 1.13 bits per heavy atom. The van der Waals surface area contributed by atoms with Gasteiger partial charge in [-0.1, -0.05) is 64.4 Å². The van der Waals surface area contributed by atoms with Crippen molar-refractivity contribution >= 4 is 24.1 Å². The first-order chi connectivity index (χ1) is 10.7. The van der Waals surface area contributed by atoms with E-state index in [0.29, 0.717) is 11.6 Å². The van der Waals surface area contributed by atoms with Gasteiger partial charge in [0.2, 0.25) is 0 Å². The minimum absolute atomic E-state index is 0. The fourth-order valence-corrected chi connectivity index (χ4v) is 3.26. The number of hydrogen-bond acceptors (Lipinski definition) is 2. The van der Waals surface area contributed by atoms with Crippen LogP contribution in [-0.2, 0) is 6.42 Å². The minimum Gasteiger partial charge on any atom is -0.478 e. The topological polar surface area (TPSA) is 49.3 Å². The molecule has 2 N–H and O–H groups in total. The third-order valence-electron chi connectivity index (χ3n) is 4.59. The smallest absolute Gasteiger partial charge is 0.335 e. The van der Waals surface area contributed by atoms with Gasteiger partial charge in [0, 0.05) is 11.7 Å². The van der Waals surface area contributed by atoms with Crippen molar-refractivity contribution in [1.29, 1.82) is 0 Å². The molecule has 130 valence electrons. The summed E-state index contributed by atoms with van der Waals surface area (Å²) < 4.78 is 0. The van der Waals surface area contributed by atoms with Gasteiger partial charge in [0.05, 0.1) is 5.56 Å². The average Bonchev–Trinajstić information content (AvgIpc) is 2.91. The molecule has 0 radical (unpaired) electrons. The summed E-state index contributed by atoms with van der Waals surface area (Å²) in [5, 5.41) is 12.5. The van der Waals surface area contributed by atoms with Crippen LogP contribution in [0.4, 0.5) is 5.69 Å². The Labute approximate surface area is 146 Å². The second kappa shape index (κ2) is 10.5. The number of hydrogen-bond donors (Lipinski definition) is 2. The van der Waals surface area contributed by atoms with Crippen LogP contribution in [0.15, 0.2) is 18.2 Å². The van der Waals surface area contributed by atoms with Crippen molar-refractivity contribution in [2.24, 2.45) is 0 Å². The number of carboxylic acids is 1. The summed E-state index contributed by atoms with van der Waals surface area (Å²) in [4.78, 5) is 11.0. The molecule has 23 heavy (non-hydrogen) atoms. The molecule has 0 amide bonds. The number of benzene rings is 1. The Morgan fingerprint density at radius 3 is 2.43 bits per heavy atom.